The molecule has 3 aromatic rings. The monoisotopic (exact) mass is 364 g/mol. The van der Waals surface area contributed by atoms with Gasteiger partial charge in [0.25, 0.3) is 0 Å². The van der Waals surface area contributed by atoms with Gasteiger partial charge in [0.05, 0.1) is 10.3 Å². The summed E-state index contributed by atoms with van der Waals surface area (Å²) in [5.74, 6) is 0.558. The van der Waals surface area contributed by atoms with Crippen LogP contribution in [-0.2, 0) is 0 Å². The van der Waals surface area contributed by atoms with Crippen LogP contribution in [0.1, 0.15) is 35.3 Å². The van der Waals surface area contributed by atoms with Crippen LogP contribution in [0.2, 0.25) is 0 Å². The molecule has 0 atom stereocenters. The Morgan fingerprint density at radius 1 is 1.27 bits per heavy atom. The van der Waals surface area contributed by atoms with Gasteiger partial charge in [-0.3, -0.25) is 4.79 Å². The maximum absolute atomic E-state index is 12.4. The van der Waals surface area contributed by atoms with Crippen LogP contribution < -0.4 is 4.74 Å². The number of allylic oxidation sites excluding steroid dienone is 1. The molecule has 1 aromatic heterocycles. The van der Waals surface area contributed by atoms with E-state index in [2.05, 4.69) is 9.59 Å². The van der Waals surface area contributed by atoms with Gasteiger partial charge in [-0.2, -0.15) is 0 Å². The van der Waals surface area contributed by atoms with Gasteiger partial charge >= 0.3 is 0 Å². The summed E-state index contributed by atoms with van der Waals surface area (Å²) in [5.41, 5.74) is 2.01. The number of ketones is 1. The zero-order valence-electron chi connectivity index (χ0n) is 14.3. The van der Waals surface area contributed by atoms with Gasteiger partial charge in [0.1, 0.15) is 22.6 Å². The summed E-state index contributed by atoms with van der Waals surface area (Å²) in [6, 6.07) is 8.84. The highest BCUT2D eigenvalue weighted by molar-refractivity contribution is 7.12. The second-order valence-electron chi connectivity index (χ2n) is 6.61. The maximum atomic E-state index is 12.4. The molecule has 0 bridgehead atoms. The predicted octanol–water partition coefficient (Wildman–Crippen LogP) is 4.48. The van der Waals surface area contributed by atoms with Crippen LogP contribution in [0.5, 0.6) is 11.5 Å². The van der Waals surface area contributed by atoms with Crippen molar-refractivity contribution in [1.82, 2.24) is 9.59 Å². The molecule has 130 valence electrons. The Kier molecular flexibility index (Phi) is 3.85. The van der Waals surface area contributed by atoms with Gasteiger partial charge in [-0.1, -0.05) is 4.49 Å². The quantitative estimate of drug-likeness (QED) is 0.548. The van der Waals surface area contributed by atoms with Crippen molar-refractivity contribution in [3.05, 3.63) is 59.2 Å². The number of hydrogen-bond acceptors (Lipinski definition) is 6. The lowest BCUT2D eigenvalue weighted by Gasteiger charge is -2.28. The van der Waals surface area contributed by atoms with E-state index in [0.29, 0.717) is 28.0 Å². The molecular weight excluding hydrogens is 348 g/mol. The number of nitrogens with zero attached hydrogens (tertiary/aromatic N) is 2. The minimum atomic E-state index is -0.407. The molecule has 5 nitrogen and oxygen atoms in total. The number of fused-ring (bicyclic) bond motifs is 2. The van der Waals surface area contributed by atoms with Gasteiger partial charge < -0.3 is 9.84 Å². The first-order valence-electron chi connectivity index (χ1n) is 8.12. The van der Waals surface area contributed by atoms with E-state index >= 15 is 0 Å². The number of ether oxygens (including phenoxy) is 1. The van der Waals surface area contributed by atoms with Crippen molar-refractivity contribution in [3.63, 3.8) is 0 Å². The Morgan fingerprint density at radius 3 is 2.96 bits per heavy atom. The van der Waals surface area contributed by atoms with Gasteiger partial charge in [0.15, 0.2) is 5.78 Å². The van der Waals surface area contributed by atoms with Gasteiger partial charge in [-0.15, -0.1) is 5.10 Å². The van der Waals surface area contributed by atoms with E-state index in [1.165, 1.54) is 17.6 Å². The fourth-order valence-electron chi connectivity index (χ4n) is 2.79. The lowest BCUT2D eigenvalue weighted by molar-refractivity contribution is 0.104. The number of rotatable bonds is 3. The SMILES string of the molecule is CC1(C)C=Cc2c(ccc(/C=C/C(=O)c3ccc4snnc4c3)c2O)O1. The summed E-state index contributed by atoms with van der Waals surface area (Å²) in [4.78, 5) is 12.4. The third-order valence-electron chi connectivity index (χ3n) is 4.18. The highest BCUT2D eigenvalue weighted by atomic mass is 32.1. The van der Waals surface area contributed by atoms with Crippen molar-refractivity contribution < 1.29 is 14.6 Å². The van der Waals surface area contributed by atoms with E-state index in [-0.39, 0.29) is 11.5 Å². The normalized spacial score (nSPS) is 15.2. The first-order chi connectivity index (χ1) is 12.4. The highest BCUT2D eigenvalue weighted by Gasteiger charge is 2.23. The lowest BCUT2D eigenvalue weighted by atomic mass is 9.99. The zero-order valence-corrected chi connectivity index (χ0v) is 15.1. The summed E-state index contributed by atoms with van der Waals surface area (Å²) in [6.07, 6.45) is 6.79. The zero-order chi connectivity index (χ0) is 18.3. The average molecular weight is 364 g/mol. The van der Waals surface area contributed by atoms with E-state index in [4.69, 9.17) is 4.74 Å². The molecule has 4 rings (SSSR count). The molecule has 0 spiro atoms. The molecule has 0 radical (unpaired) electrons. The number of carbonyl (C=O) groups is 1. The fourth-order valence-corrected chi connectivity index (χ4v) is 3.33. The Morgan fingerprint density at radius 2 is 2.12 bits per heavy atom. The van der Waals surface area contributed by atoms with E-state index in [0.717, 1.165) is 4.70 Å². The Balaban J connectivity index is 1.61. The highest BCUT2D eigenvalue weighted by Crippen LogP contribution is 2.38. The maximum Gasteiger partial charge on any atom is 0.185 e. The fraction of sp³-hybridized carbons (Fsp3) is 0.150. The molecule has 2 heterocycles. The van der Waals surface area contributed by atoms with Crippen LogP contribution in [0, 0.1) is 0 Å². The number of carbonyl (C=O) groups excluding carboxylic acids is 1. The minimum absolute atomic E-state index is 0.0949. The van der Waals surface area contributed by atoms with Crippen molar-refractivity contribution in [2.45, 2.75) is 19.4 Å². The van der Waals surface area contributed by atoms with Crippen LogP contribution in [0.3, 0.4) is 0 Å². The molecule has 0 aliphatic carbocycles. The van der Waals surface area contributed by atoms with Crippen molar-refractivity contribution in [2.24, 2.45) is 0 Å². The molecular formula is C20H16N2O3S. The molecule has 26 heavy (non-hydrogen) atoms. The Hall–Kier alpha value is -2.99. The minimum Gasteiger partial charge on any atom is -0.507 e. The largest absolute Gasteiger partial charge is 0.507 e. The van der Waals surface area contributed by atoms with E-state index < -0.39 is 5.60 Å². The molecule has 0 saturated carbocycles. The van der Waals surface area contributed by atoms with Gasteiger partial charge in [0, 0.05) is 11.1 Å². The molecule has 2 aromatic carbocycles. The summed E-state index contributed by atoms with van der Waals surface area (Å²) in [7, 11) is 0. The standard InChI is InChI=1S/C20H16N2O3S/c1-20(2)10-9-14-17(25-20)7-4-12(19(14)24)3-6-16(23)13-5-8-18-15(11-13)21-22-26-18/h3-11,24H,1-2H3/b6-3+. The van der Waals surface area contributed by atoms with Gasteiger partial charge in [0.2, 0.25) is 0 Å². The van der Waals surface area contributed by atoms with E-state index in [1.54, 1.807) is 30.3 Å². The third-order valence-corrected chi connectivity index (χ3v) is 4.88. The lowest BCUT2D eigenvalue weighted by Crippen LogP contribution is -2.27. The van der Waals surface area contributed by atoms with E-state index in [1.807, 2.05) is 32.1 Å². The molecule has 1 N–H and O–H groups in total. The summed E-state index contributed by atoms with van der Waals surface area (Å²) < 4.78 is 10.6. The van der Waals surface area contributed by atoms with Crippen LogP contribution >= 0.6 is 11.5 Å². The molecule has 1 aliphatic heterocycles. The number of hydrogen-bond donors (Lipinski definition) is 1. The van der Waals surface area contributed by atoms with Gasteiger partial charge in [-0.05, 0) is 80.0 Å². The first-order valence-corrected chi connectivity index (χ1v) is 8.89. The van der Waals surface area contributed by atoms with E-state index in [9.17, 15) is 9.90 Å². The smallest absolute Gasteiger partial charge is 0.185 e. The number of aromatic hydroxyl groups is 1. The second kappa shape index (κ2) is 6.07. The summed E-state index contributed by atoms with van der Waals surface area (Å²) in [5, 5.41) is 14.5. The predicted molar refractivity (Wildman–Crippen MR) is 103 cm³/mol. The molecule has 1 aliphatic rings. The number of aromatic nitrogens is 2. The number of benzene rings is 2. The topological polar surface area (TPSA) is 72.3 Å². The second-order valence-corrected chi connectivity index (χ2v) is 7.39. The van der Waals surface area contributed by atoms with Crippen LogP contribution in [0.25, 0.3) is 22.4 Å². The molecule has 0 saturated heterocycles. The van der Waals surface area contributed by atoms with Crippen LogP contribution in [0.4, 0.5) is 0 Å². The van der Waals surface area contributed by atoms with Crippen molar-refractivity contribution >= 4 is 39.7 Å². The van der Waals surface area contributed by atoms with Crippen molar-refractivity contribution in [1.29, 1.82) is 0 Å². The number of phenols is 1. The van der Waals surface area contributed by atoms with Crippen molar-refractivity contribution in [3.8, 4) is 11.5 Å². The summed E-state index contributed by atoms with van der Waals surface area (Å²) in [6.45, 7) is 3.90. The average Bonchev–Trinajstić information content (AvgIpc) is 3.07. The van der Waals surface area contributed by atoms with Crippen LogP contribution in [-0.4, -0.2) is 26.1 Å². The third kappa shape index (κ3) is 2.99. The molecule has 0 fully saturated rings. The van der Waals surface area contributed by atoms with Crippen molar-refractivity contribution in [2.75, 3.05) is 0 Å². The number of phenolic OH excluding ortho intramolecular Hbond substituents is 1. The van der Waals surface area contributed by atoms with Crippen LogP contribution in [0.15, 0.2) is 42.5 Å². The Bertz CT molecular complexity index is 1080. The first kappa shape index (κ1) is 16.5. The van der Waals surface area contributed by atoms with Gasteiger partial charge in [-0.25, -0.2) is 0 Å². The molecule has 0 amide bonds. The Labute approximate surface area is 154 Å². The summed E-state index contributed by atoms with van der Waals surface area (Å²) >= 11 is 1.29. The molecule has 0 unspecified atom stereocenters. The molecule has 6 heteroatoms.